The Hall–Kier alpha value is -2.67. The van der Waals surface area contributed by atoms with Crippen molar-refractivity contribution < 1.29 is 9.53 Å². The molecule has 0 aliphatic rings. The third kappa shape index (κ3) is 5.20. The zero-order valence-corrected chi connectivity index (χ0v) is 14.2. The second kappa shape index (κ2) is 8.83. The number of methoxy groups -OCH3 is 1. The second-order valence-corrected chi connectivity index (χ2v) is 5.46. The van der Waals surface area contributed by atoms with Gasteiger partial charge >= 0.3 is 0 Å². The molecule has 2 aromatic rings. The molecule has 7 heteroatoms. The lowest BCUT2D eigenvalue weighted by Crippen LogP contribution is -2.15. The maximum atomic E-state index is 12.2. The largest absolute Gasteiger partial charge is 0.385 e. The minimum Gasteiger partial charge on any atom is -0.385 e. The van der Waals surface area contributed by atoms with Crippen LogP contribution in [0.5, 0.6) is 0 Å². The van der Waals surface area contributed by atoms with Gasteiger partial charge in [-0.25, -0.2) is 9.97 Å². The summed E-state index contributed by atoms with van der Waals surface area (Å²) in [7, 11) is 5.60. The van der Waals surface area contributed by atoms with Crippen LogP contribution in [0.15, 0.2) is 36.7 Å². The highest BCUT2D eigenvalue weighted by atomic mass is 16.5. The summed E-state index contributed by atoms with van der Waals surface area (Å²) in [4.78, 5) is 22.5. The van der Waals surface area contributed by atoms with Gasteiger partial charge in [0.1, 0.15) is 11.5 Å². The molecule has 0 atom stereocenters. The minimum absolute atomic E-state index is 0.272. The zero-order chi connectivity index (χ0) is 17.4. The molecule has 24 heavy (non-hydrogen) atoms. The number of benzene rings is 1. The van der Waals surface area contributed by atoms with Crippen molar-refractivity contribution in [3.05, 3.63) is 42.4 Å². The lowest BCUT2D eigenvalue weighted by Gasteiger charge is -2.13. The van der Waals surface area contributed by atoms with Gasteiger partial charge in [0, 0.05) is 45.7 Å². The van der Waals surface area contributed by atoms with E-state index in [-0.39, 0.29) is 11.6 Å². The maximum absolute atomic E-state index is 12.2. The third-order valence-corrected chi connectivity index (χ3v) is 3.36. The number of aromatic nitrogens is 2. The van der Waals surface area contributed by atoms with Crippen molar-refractivity contribution in [2.75, 3.05) is 49.9 Å². The Morgan fingerprint density at radius 1 is 1.17 bits per heavy atom. The fraction of sp³-hybridized carbons (Fsp3) is 0.353. The van der Waals surface area contributed by atoms with Gasteiger partial charge in [0.05, 0.1) is 12.4 Å². The van der Waals surface area contributed by atoms with Gasteiger partial charge in [-0.05, 0) is 30.7 Å². The Kier molecular flexibility index (Phi) is 6.51. The summed E-state index contributed by atoms with van der Waals surface area (Å²) >= 11 is 0. The number of hydrogen-bond acceptors (Lipinski definition) is 6. The summed E-state index contributed by atoms with van der Waals surface area (Å²) in [5, 5.41) is 5.93. The van der Waals surface area contributed by atoms with Crippen LogP contribution in [0.25, 0.3) is 0 Å². The highest BCUT2D eigenvalue weighted by molar-refractivity contribution is 6.02. The summed E-state index contributed by atoms with van der Waals surface area (Å²) in [6.45, 7) is 1.43. The van der Waals surface area contributed by atoms with Crippen molar-refractivity contribution in [3.8, 4) is 0 Å². The Labute approximate surface area is 142 Å². The zero-order valence-electron chi connectivity index (χ0n) is 14.2. The number of rotatable bonds is 8. The Bertz CT molecular complexity index is 641. The van der Waals surface area contributed by atoms with Gasteiger partial charge in [0.15, 0.2) is 0 Å². The first kappa shape index (κ1) is 17.7. The van der Waals surface area contributed by atoms with Crippen LogP contribution in [-0.4, -0.2) is 50.2 Å². The van der Waals surface area contributed by atoms with Crippen molar-refractivity contribution in [1.29, 1.82) is 0 Å². The molecule has 0 aliphatic carbocycles. The van der Waals surface area contributed by atoms with Gasteiger partial charge in [-0.2, -0.15) is 0 Å². The number of hydrogen-bond donors (Lipinski definition) is 2. The fourth-order valence-electron chi connectivity index (χ4n) is 2.01. The smallest absolute Gasteiger partial charge is 0.275 e. The molecule has 1 aromatic heterocycles. The van der Waals surface area contributed by atoms with Crippen LogP contribution in [0.3, 0.4) is 0 Å². The van der Waals surface area contributed by atoms with E-state index in [4.69, 9.17) is 4.74 Å². The molecule has 0 saturated heterocycles. The highest BCUT2D eigenvalue weighted by Crippen LogP contribution is 2.16. The van der Waals surface area contributed by atoms with Crippen LogP contribution >= 0.6 is 0 Å². The first-order valence-corrected chi connectivity index (χ1v) is 7.73. The van der Waals surface area contributed by atoms with Crippen molar-refractivity contribution in [2.24, 2.45) is 0 Å². The number of anilines is 3. The van der Waals surface area contributed by atoms with Gasteiger partial charge in [0.25, 0.3) is 5.91 Å². The van der Waals surface area contributed by atoms with Crippen molar-refractivity contribution in [1.82, 2.24) is 9.97 Å². The standard InChI is InChI=1S/C17H23N5O2/c1-22(2)14-7-5-13(6-8-14)21-17(23)15-11-20-16(12-19-15)18-9-4-10-24-3/h5-8,11-12H,4,9-10H2,1-3H3,(H,18,20)(H,21,23). The normalized spacial score (nSPS) is 10.3. The van der Waals surface area contributed by atoms with E-state index in [1.807, 2.05) is 43.3 Å². The average Bonchev–Trinajstić information content (AvgIpc) is 2.59. The maximum Gasteiger partial charge on any atom is 0.275 e. The van der Waals surface area contributed by atoms with Crippen molar-refractivity contribution >= 4 is 23.1 Å². The Morgan fingerprint density at radius 3 is 2.50 bits per heavy atom. The SMILES string of the molecule is COCCCNc1cnc(C(=O)Nc2ccc(N(C)C)cc2)cn1. The van der Waals surface area contributed by atoms with E-state index in [0.717, 1.165) is 18.7 Å². The van der Waals surface area contributed by atoms with Crippen LogP contribution in [-0.2, 0) is 4.74 Å². The molecule has 1 aromatic carbocycles. The topological polar surface area (TPSA) is 79.4 Å². The lowest BCUT2D eigenvalue weighted by molar-refractivity contribution is 0.102. The number of amides is 1. The molecular formula is C17H23N5O2. The molecule has 1 amide bonds. The first-order chi connectivity index (χ1) is 11.6. The second-order valence-electron chi connectivity index (χ2n) is 5.46. The number of nitrogens with one attached hydrogen (secondary N) is 2. The fourth-order valence-corrected chi connectivity index (χ4v) is 2.01. The van der Waals surface area contributed by atoms with Gasteiger partial charge in [0.2, 0.25) is 0 Å². The molecule has 0 saturated carbocycles. The van der Waals surface area contributed by atoms with Crippen LogP contribution < -0.4 is 15.5 Å². The summed E-state index contributed by atoms with van der Waals surface area (Å²) in [5.74, 6) is 0.351. The van der Waals surface area contributed by atoms with Gasteiger partial charge in [-0.1, -0.05) is 0 Å². The number of carbonyl (C=O) groups is 1. The van der Waals surface area contributed by atoms with E-state index in [1.165, 1.54) is 6.20 Å². The molecule has 0 radical (unpaired) electrons. The van der Waals surface area contributed by atoms with E-state index >= 15 is 0 Å². The third-order valence-electron chi connectivity index (χ3n) is 3.36. The van der Waals surface area contributed by atoms with Crippen LogP contribution in [0.4, 0.5) is 17.2 Å². The molecule has 128 valence electrons. The molecule has 0 fully saturated rings. The molecule has 0 bridgehead atoms. The Balaban J connectivity index is 1.90. The van der Waals surface area contributed by atoms with Crippen molar-refractivity contribution in [2.45, 2.75) is 6.42 Å². The van der Waals surface area contributed by atoms with Crippen LogP contribution in [0, 0.1) is 0 Å². The van der Waals surface area contributed by atoms with E-state index in [0.29, 0.717) is 18.1 Å². The molecule has 2 N–H and O–H groups in total. The summed E-state index contributed by atoms with van der Waals surface area (Å²) < 4.78 is 4.98. The average molecular weight is 329 g/mol. The first-order valence-electron chi connectivity index (χ1n) is 7.73. The molecule has 0 spiro atoms. The van der Waals surface area contributed by atoms with Crippen LogP contribution in [0.1, 0.15) is 16.9 Å². The van der Waals surface area contributed by atoms with Crippen molar-refractivity contribution in [3.63, 3.8) is 0 Å². The number of nitrogens with zero attached hydrogens (tertiary/aromatic N) is 3. The number of carbonyl (C=O) groups excluding carboxylic acids is 1. The molecule has 2 rings (SSSR count). The summed E-state index contributed by atoms with van der Waals surface area (Å²) in [5.41, 5.74) is 2.06. The van der Waals surface area contributed by atoms with E-state index < -0.39 is 0 Å². The van der Waals surface area contributed by atoms with Gasteiger partial charge < -0.3 is 20.3 Å². The predicted molar refractivity (Wildman–Crippen MR) is 95.7 cm³/mol. The van der Waals surface area contributed by atoms with E-state index in [2.05, 4.69) is 20.6 Å². The van der Waals surface area contributed by atoms with Gasteiger partial charge in [-0.15, -0.1) is 0 Å². The molecule has 7 nitrogen and oxygen atoms in total. The molecule has 0 unspecified atom stereocenters. The lowest BCUT2D eigenvalue weighted by atomic mass is 10.2. The Morgan fingerprint density at radius 2 is 1.92 bits per heavy atom. The summed E-state index contributed by atoms with van der Waals surface area (Å²) in [6, 6.07) is 7.58. The minimum atomic E-state index is -0.286. The van der Waals surface area contributed by atoms with Crippen LogP contribution in [0.2, 0.25) is 0 Å². The van der Waals surface area contributed by atoms with E-state index in [1.54, 1.807) is 13.3 Å². The highest BCUT2D eigenvalue weighted by Gasteiger charge is 2.08. The van der Waals surface area contributed by atoms with E-state index in [9.17, 15) is 4.79 Å². The number of ether oxygens (including phenoxy) is 1. The molecule has 0 aliphatic heterocycles. The predicted octanol–water partition coefficient (Wildman–Crippen LogP) is 2.24. The molecule has 1 heterocycles. The quantitative estimate of drug-likeness (QED) is 0.723. The summed E-state index contributed by atoms with van der Waals surface area (Å²) in [6.07, 6.45) is 3.89. The molecular weight excluding hydrogens is 306 g/mol. The van der Waals surface area contributed by atoms with Gasteiger partial charge in [-0.3, -0.25) is 4.79 Å². The monoisotopic (exact) mass is 329 g/mol.